The predicted octanol–water partition coefficient (Wildman–Crippen LogP) is 3.75. The Morgan fingerprint density at radius 2 is 1.58 bits per heavy atom. The number of aromatic nitrogens is 2. The molecule has 24 heavy (non-hydrogen) atoms. The summed E-state index contributed by atoms with van der Waals surface area (Å²) in [6, 6.07) is 12.6. The highest BCUT2D eigenvalue weighted by Gasteiger charge is 2.14. The summed E-state index contributed by atoms with van der Waals surface area (Å²) in [6.07, 6.45) is 2.58. The Bertz CT molecular complexity index is 834. The van der Waals surface area contributed by atoms with Crippen molar-refractivity contribution < 1.29 is 13.6 Å². The number of benzene rings is 2. The molecule has 0 aliphatic rings. The summed E-state index contributed by atoms with van der Waals surface area (Å²) in [5.41, 5.74) is 0.240. The van der Waals surface area contributed by atoms with Crippen molar-refractivity contribution in [3.05, 3.63) is 78.3 Å². The summed E-state index contributed by atoms with van der Waals surface area (Å²) < 4.78 is 27.1. The van der Waals surface area contributed by atoms with Crippen LogP contribution in [0.1, 0.15) is 10.5 Å². The Kier molecular flexibility index (Phi) is 4.42. The minimum Gasteiger partial charge on any atom is -0.339 e. The third-order valence-corrected chi connectivity index (χ3v) is 3.13. The molecule has 0 unspecified atom stereocenters. The van der Waals surface area contributed by atoms with E-state index in [-0.39, 0.29) is 5.69 Å². The van der Waals surface area contributed by atoms with Gasteiger partial charge in [0.25, 0.3) is 5.91 Å². The maximum atomic E-state index is 13.5. The molecule has 0 saturated heterocycles. The number of para-hydroxylation sites is 2. The number of rotatable bonds is 4. The van der Waals surface area contributed by atoms with Crippen molar-refractivity contribution in [2.75, 3.05) is 10.6 Å². The molecule has 0 bridgehead atoms. The lowest BCUT2D eigenvalue weighted by Crippen LogP contribution is -2.16. The number of nitrogens with zero attached hydrogens (tertiary/aromatic N) is 2. The zero-order chi connectivity index (χ0) is 16.9. The van der Waals surface area contributed by atoms with E-state index in [1.165, 1.54) is 18.5 Å². The van der Waals surface area contributed by atoms with Crippen LogP contribution >= 0.6 is 0 Å². The number of carbonyl (C=O) groups excluding carboxylic acids is 1. The minimum atomic E-state index is -0.862. The number of amides is 1. The van der Waals surface area contributed by atoms with Crippen LogP contribution in [-0.4, -0.2) is 15.9 Å². The highest BCUT2D eigenvalue weighted by atomic mass is 19.1. The fourth-order valence-corrected chi connectivity index (χ4v) is 1.97. The lowest BCUT2D eigenvalue weighted by atomic mass is 10.2. The van der Waals surface area contributed by atoms with Crippen molar-refractivity contribution in [3.8, 4) is 0 Å². The standard InChI is InChI=1S/C17H12F2N4O/c18-12-7-4-8-13(19)16(12)23-17(24)14-9-21-15(10-20-14)22-11-5-2-1-3-6-11/h1-10H,(H,21,22)(H,23,24). The highest BCUT2D eigenvalue weighted by Crippen LogP contribution is 2.19. The number of hydrogen-bond donors (Lipinski definition) is 2. The number of hydrogen-bond acceptors (Lipinski definition) is 4. The topological polar surface area (TPSA) is 66.9 Å². The molecule has 0 aliphatic heterocycles. The van der Waals surface area contributed by atoms with Crippen LogP contribution in [-0.2, 0) is 0 Å². The summed E-state index contributed by atoms with van der Waals surface area (Å²) >= 11 is 0. The van der Waals surface area contributed by atoms with Crippen LogP contribution in [0.25, 0.3) is 0 Å². The Balaban J connectivity index is 1.72. The van der Waals surface area contributed by atoms with Crippen LogP contribution < -0.4 is 10.6 Å². The third kappa shape index (κ3) is 3.52. The van der Waals surface area contributed by atoms with Gasteiger partial charge in [-0.2, -0.15) is 0 Å². The molecule has 1 heterocycles. The van der Waals surface area contributed by atoms with Crippen LogP contribution in [0.2, 0.25) is 0 Å². The largest absolute Gasteiger partial charge is 0.339 e. The molecule has 0 aliphatic carbocycles. The van der Waals surface area contributed by atoms with Crippen LogP contribution in [0, 0.1) is 11.6 Å². The Labute approximate surface area is 136 Å². The summed E-state index contributed by atoms with van der Waals surface area (Å²) in [7, 11) is 0. The lowest BCUT2D eigenvalue weighted by molar-refractivity contribution is 0.102. The summed E-state index contributed by atoms with van der Waals surface area (Å²) in [6.45, 7) is 0. The SMILES string of the molecule is O=C(Nc1c(F)cccc1F)c1cnc(Nc2ccccc2)cn1. The predicted molar refractivity (Wildman–Crippen MR) is 86.1 cm³/mol. The fourth-order valence-electron chi connectivity index (χ4n) is 1.97. The minimum absolute atomic E-state index is 0.0590. The second-order valence-electron chi connectivity index (χ2n) is 4.83. The van der Waals surface area contributed by atoms with E-state index in [2.05, 4.69) is 20.6 Å². The quantitative estimate of drug-likeness (QED) is 0.766. The molecule has 1 aromatic heterocycles. The molecule has 0 radical (unpaired) electrons. The van der Waals surface area contributed by atoms with E-state index in [1.807, 2.05) is 30.3 Å². The van der Waals surface area contributed by atoms with E-state index in [1.54, 1.807) is 0 Å². The van der Waals surface area contributed by atoms with Crippen molar-refractivity contribution in [2.24, 2.45) is 0 Å². The van der Waals surface area contributed by atoms with Crippen LogP contribution in [0.4, 0.5) is 26.0 Å². The average Bonchev–Trinajstić information content (AvgIpc) is 2.60. The number of nitrogens with one attached hydrogen (secondary N) is 2. The highest BCUT2D eigenvalue weighted by molar-refractivity contribution is 6.02. The molecule has 2 aromatic carbocycles. The summed E-state index contributed by atoms with van der Waals surface area (Å²) in [5, 5.41) is 5.16. The first-order valence-electron chi connectivity index (χ1n) is 7.03. The molecule has 1 amide bonds. The fraction of sp³-hybridized carbons (Fsp3) is 0. The molecule has 3 rings (SSSR count). The number of carbonyl (C=O) groups is 1. The van der Waals surface area contributed by atoms with Gasteiger partial charge >= 0.3 is 0 Å². The van der Waals surface area contributed by atoms with Gasteiger partial charge in [-0.1, -0.05) is 24.3 Å². The number of halogens is 2. The Hall–Kier alpha value is -3.35. The van der Waals surface area contributed by atoms with E-state index < -0.39 is 23.2 Å². The second kappa shape index (κ2) is 6.82. The van der Waals surface area contributed by atoms with E-state index in [4.69, 9.17) is 0 Å². The molecule has 7 heteroatoms. The van der Waals surface area contributed by atoms with Crippen molar-refractivity contribution >= 4 is 23.1 Å². The molecule has 0 atom stereocenters. The van der Waals surface area contributed by atoms with Crippen LogP contribution in [0.15, 0.2) is 60.9 Å². The normalized spacial score (nSPS) is 10.2. The van der Waals surface area contributed by atoms with Gasteiger partial charge in [-0.05, 0) is 24.3 Å². The van der Waals surface area contributed by atoms with E-state index in [0.717, 1.165) is 17.8 Å². The van der Waals surface area contributed by atoms with E-state index in [0.29, 0.717) is 5.82 Å². The van der Waals surface area contributed by atoms with Gasteiger partial charge in [-0.25, -0.2) is 18.7 Å². The van der Waals surface area contributed by atoms with Gasteiger partial charge in [-0.15, -0.1) is 0 Å². The molecule has 3 aromatic rings. The van der Waals surface area contributed by atoms with Gasteiger partial charge in [-0.3, -0.25) is 4.79 Å². The van der Waals surface area contributed by atoms with Gasteiger partial charge < -0.3 is 10.6 Å². The van der Waals surface area contributed by atoms with E-state index >= 15 is 0 Å². The van der Waals surface area contributed by atoms with E-state index in [9.17, 15) is 13.6 Å². The van der Waals surface area contributed by atoms with Gasteiger partial charge in [0, 0.05) is 5.69 Å². The lowest BCUT2D eigenvalue weighted by Gasteiger charge is -2.08. The average molecular weight is 326 g/mol. The molecule has 2 N–H and O–H groups in total. The summed E-state index contributed by atoms with van der Waals surface area (Å²) in [5.74, 6) is -2.04. The van der Waals surface area contributed by atoms with Crippen molar-refractivity contribution in [3.63, 3.8) is 0 Å². The smallest absolute Gasteiger partial charge is 0.276 e. The maximum Gasteiger partial charge on any atom is 0.276 e. The third-order valence-electron chi connectivity index (χ3n) is 3.13. The van der Waals surface area contributed by atoms with Gasteiger partial charge in [0.2, 0.25) is 0 Å². The molecule has 0 saturated carbocycles. The monoisotopic (exact) mass is 326 g/mol. The van der Waals surface area contributed by atoms with Crippen LogP contribution in [0.3, 0.4) is 0 Å². The van der Waals surface area contributed by atoms with Crippen LogP contribution in [0.5, 0.6) is 0 Å². The molecule has 0 fully saturated rings. The first-order valence-corrected chi connectivity index (χ1v) is 7.03. The first kappa shape index (κ1) is 15.5. The number of anilines is 3. The summed E-state index contributed by atoms with van der Waals surface area (Å²) in [4.78, 5) is 20.0. The zero-order valence-corrected chi connectivity index (χ0v) is 12.3. The first-order chi connectivity index (χ1) is 11.6. The van der Waals surface area contributed by atoms with Gasteiger partial charge in [0.05, 0.1) is 12.4 Å². The van der Waals surface area contributed by atoms with Crippen molar-refractivity contribution in [1.29, 1.82) is 0 Å². The molecule has 0 spiro atoms. The van der Waals surface area contributed by atoms with Gasteiger partial charge in [0.1, 0.15) is 28.8 Å². The second-order valence-corrected chi connectivity index (χ2v) is 4.83. The Morgan fingerprint density at radius 1 is 0.875 bits per heavy atom. The zero-order valence-electron chi connectivity index (χ0n) is 12.3. The Morgan fingerprint density at radius 3 is 2.21 bits per heavy atom. The molecular weight excluding hydrogens is 314 g/mol. The van der Waals surface area contributed by atoms with Crippen molar-refractivity contribution in [1.82, 2.24) is 9.97 Å². The van der Waals surface area contributed by atoms with Gasteiger partial charge in [0.15, 0.2) is 0 Å². The molecule has 120 valence electrons. The molecular formula is C17H12F2N4O. The maximum absolute atomic E-state index is 13.5. The molecule has 5 nitrogen and oxygen atoms in total. The van der Waals surface area contributed by atoms with Crippen molar-refractivity contribution in [2.45, 2.75) is 0 Å².